The third-order valence-corrected chi connectivity index (χ3v) is 2.96. The summed E-state index contributed by atoms with van der Waals surface area (Å²) in [5.41, 5.74) is 8.32. The van der Waals surface area contributed by atoms with Crippen molar-refractivity contribution in [2.75, 3.05) is 0 Å². The Morgan fingerprint density at radius 2 is 2.13 bits per heavy atom. The molecule has 1 saturated carbocycles. The Labute approximate surface area is 91.1 Å². The van der Waals surface area contributed by atoms with Crippen molar-refractivity contribution in [3.63, 3.8) is 0 Å². The molecule has 0 saturated heterocycles. The molecule has 1 aromatic heterocycles. The van der Waals surface area contributed by atoms with E-state index in [4.69, 9.17) is 5.73 Å². The molecular formula is C12H19N3. The van der Waals surface area contributed by atoms with Gasteiger partial charge in [0, 0.05) is 23.9 Å². The van der Waals surface area contributed by atoms with Crippen molar-refractivity contribution >= 4 is 0 Å². The normalized spacial score (nSPS) is 17.7. The van der Waals surface area contributed by atoms with Crippen LogP contribution >= 0.6 is 0 Å². The van der Waals surface area contributed by atoms with Crippen molar-refractivity contribution in [3.05, 3.63) is 23.8 Å². The zero-order chi connectivity index (χ0) is 10.7. The molecule has 1 aromatic rings. The Morgan fingerprint density at radius 3 is 2.80 bits per heavy atom. The van der Waals surface area contributed by atoms with Crippen LogP contribution in [0.2, 0.25) is 0 Å². The molecule has 3 nitrogen and oxygen atoms in total. The van der Waals surface area contributed by atoms with Crippen LogP contribution in [0.25, 0.3) is 0 Å². The van der Waals surface area contributed by atoms with E-state index in [1.54, 1.807) is 6.33 Å². The second-order valence-electron chi connectivity index (χ2n) is 4.46. The van der Waals surface area contributed by atoms with E-state index < -0.39 is 0 Å². The molecule has 1 aliphatic rings. The van der Waals surface area contributed by atoms with Gasteiger partial charge >= 0.3 is 0 Å². The average molecular weight is 205 g/mol. The van der Waals surface area contributed by atoms with Crippen LogP contribution in [0.5, 0.6) is 0 Å². The van der Waals surface area contributed by atoms with E-state index >= 15 is 0 Å². The Kier molecular flexibility index (Phi) is 3.31. The summed E-state index contributed by atoms with van der Waals surface area (Å²) in [6.07, 6.45) is 7.34. The summed E-state index contributed by atoms with van der Waals surface area (Å²) in [5, 5.41) is 0. The van der Waals surface area contributed by atoms with Gasteiger partial charge in [0.15, 0.2) is 0 Å². The minimum absolute atomic E-state index is 0.300. The lowest BCUT2D eigenvalue weighted by Gasteiger charge is -2.09. The average Bonchev–Trinajstić information content (AvgIpc) is 3.01. The molecule has 1 atom stereocenters. The maximum absolute atomic E-state index is 6.07. The van der Waals surface area contributed by atoms with E-state index in [-0.39, 0.29) is 0 Å². The second kappa shape index (κ2) is 4.71. The highest BCUT2D eigenvalue weighted by molar-refractivity contribution is 5.10. The molecule has 0 bridgehead atoms. The van der Waals surface area contributed by atoms with E-state index in [0.29, 0.717) is 6.04 Å². The van der Waals surface area contributed by atoms with Crippen molar-refractivity contribution in [2.45, 2.75) is 45.1 Å². The zero-order valence-electron chi connectivity index (χ0n) is 9.32. The molecule has 0 aromatic carbocycles. The number of hydrogen-bond acceptors (Lipinski definition) is 3. The minimum atomic E-state index is 0.300. The quantitative estimate of drug-likeness (QED) is 0.796. The van der Waals surface area contributed by atoms with Crippen molar-refractivity contribution in [1.29, 1.82) is 0 Å². The standard InChI is InChI=1S/C12H19N3/c1-2-3-10-6-11(15-8-14-10)7-12(13)9-4-5-9/h6,8-9,12H,2-5,7,13H2,1H3. The van der Waals surface area contributed by atoms with Gasteiger partial charge in [-0.15, -0.1) is 0 Å². The largest absolute Gasteiger partial charge is 0.327 e. The predicted octanol–water partition coefficient (Wildman–Crippen LogP) is 1.71. The maximum Gasteiger partial charge on any atom is 0.115 e. The number of aryl methyl sites for hydroxylation is 1. The summed E-state index contributed by atoms with van der Waals surface area (Å²) in [6.45, 7) is 2.16. The molecule has 1 fully saturated rings. The molecular weight excluding hydrogens is 186 g/mol. The lowest BCUT2D eigenvalue weighted by atomic mass is 10.1. The Balaban J connectivity index is 1.97. The van der Waals surface area contributed by atoms with Crippen molar-refractivity contribution in [2.24, 2.45) is 11.7 Å². The smallest absolute Gasteiger partial charge is 0.115 e. The van der Waals surface area contributed by atoms with Gasteiger partial charge in [0.1, 0.15) is 6.33 Å². The number of aromatic nitrogens is 2. The fourth-order valence-corrected chi connectivity index (χ4v) is 1.88. The molecule has 15 heavy (non-hydrogen) atoms. The Morgan fingerprint density at radius 1 is 1.40 bits per heavy atom. The number of nitrogens with zero attached hydrogens (tertiary/aromatic N) is 2. The first kappa shape index (κ1) is 10.6. The summed E-state index contributed by atoms with van der Waals surface area (Å²) >= 11 is 0. The highest BCUT2D eigenvalue weighted by Crippen LogP contribution is 2.32. The summed E-state index contributed by atoms with van der Waals surface area (Å²) in [7, 11) is 0. The highest BCUT2D eigenvalue weighted by Gasteiger charge is 2.28. The van der Waals surface area contributed by atoms with Gasteiger partial charge in [0.05, 0.1) is 0 Å². The number of hydrogen-bond donors (Lipinski definition) is 1. The fourth-order valence-electron chi connectivity index (χ4n) is 1.88. The van der Waals surface area contributed by atoms with Gasteiger partial charge in [-0.3, -0.25) is 0 Å². The van der Waals surface area contributed by atoms with Crippen molar-refractivity contribution in [3.8, 4) is 0 Å². The first-order chi connectivity index (χ1) is 7.29. The topological polar surface area (TPSA) is 51.8 Å². The molecule has 2 rings (SSSR count). The number of rotatable bonds is 5. The van der Waals surface area contributed by atoms with Gasteiger partial charge in [-0.2, -0.15) is 0 Å². The van der Waals surface area contributed by atoms with Crippen LogP contribution in [0.15, 0.2) is 12.4 Å². The molecule has 3 heteroatoms. The fraction of sp³-hybridized carbons (Fsp3) is 0.667. The van der Waals surface area contributed by atoms with Gasteiger partial charge in [0.2, 0.25) is 0 Å². The molecule has 0 radical (unpaired) electrons. The lowest BCUT2D eigenvalue weighted by Crippen LogP contribution is -2.25. The summed E-state index contributed by atoms with van der Waals surface area (Å²) in [6, 6.07) is 2.40. The van der Waals surface area contributed by atoms with Gasteiger partial charge < -0.3 is 5.73 Å². The van der Waals surface area contributed by atoms with Gasteiger partial charge in [-0.1, -0.05) is 13.3 Å². The SMILES string of the molecule is CCCc1cc(CC(N)C2CC2)ncn1. The van der Waals surface area contributed by atoms with Crippen LogP contribution in [-0.2, 0) is 12.8 Å². The van der Waals surface area contributed by atoms with Crippen molar-refractivity contribution in [1.82, 2.24) is 9.97 Å². The van der Waals surface area contributed by atoms with E-state index in [0.717, 1.165) is 36.6 Å². The molecule has 0 aliphatic heterocycles. The number of nitrogens with two attached hydrogens (primary N) is 1. The monoisotopic (exact) mass is 205 g/mol. The van der Waals surface area contributed by atoms with Crippen molar-refractivity contribution < 1.29 is 0 Å². The van der Waals surface area contributed by atoms with E-state index in [1.165, 1.54) is 12.8 Å². The highest BCUT2D eigenvalue weighted by atomic mass is 14.8. The summed E-state index contributed by atoms with van der Waals surface area (Å²) in [4.78, 5) is 8.53. The van der Waals surface area contributed by atoms with Crippen LogP contribution in [0.3, 0.4) is 0 Å². The minimum Gasteiger partial charge on any atom is -0.327 e. The van der Waals surface area contributed by atoms with E-state index in [9.17, 15) is 0 Å². The maximum atomic E-state index is 6.07. The molecule has 82 valence electrons. The third-order valence-electron chi connectivity index (χ3n) is 2.96. The van der Waals surface area contributed by atoms with Crippen LogP contribution in [-0.4, -0.2) is 16.0 Å². The first-order valence-electron chi connectivity index (χ1n) is 5.85. The molecule has 1 heterocycles. The lowest BCUT2D eigenvalue weighted by molar-refractivity contribution is 0.582. The molecule has 0 amide bonds. The van der Waals surface area contributed by atoms with Gasteiger partial charge in [0.25, 0.3) is 0 Å². The Hall–Kier alpha value is -0.960. The van der Waals surface area contributed by atoms with Crippen LogP contribution in [0.1, 0.15) is 37.6 Å². The summed E-state index contributed by atoms with van der Waals surface area (Å²) in [5.74, 6) is 0.745. The van der Waals surface area contributed by atoms with Gasteiger partial charge in [-0.05, 0) is 31.2 Å². The van der Waals surface area contributed by atoms with Crippen LogP contribution in [0, 0.1) is 5.92 Å². The second-order valence-corrected chi connectivity index (χ2v) is 4.46. The van der Waals surface area contributed by atoms with E-state index in [1.807, 2.05) is 0 Å². The first-order valence-corrected chi connectivity index (χ1v) is 5.85. The molecule has 0 spiro atoms. The van der Waals surface area contributed by atoms with Crippen LogP contribution in [0.4, 0.5) is 0 Å². The predicted molar refractivity (Wildman–Crippen MR) is 60.4 cm³/mol. The Bertz CT molecular complexity index is 320. The molecule has 1 unspecified atom stereocenters. The van der Waals surface area contributed by atoms with E-state index in [2.05, 4.69) is 23.0 Å². The summed E-state index contributed by atoms with van der Waals surface area (Å²) < 4.78 is 0. The third kappa shape index (κ3) is 2.99. The molecule has 2 N–H and O–H groups in total. The van der Waals surface area contributed by atoms with Crippen LogP contribution < -0.4 is 5.73 Å². The zero-order valence-corrected chi connectivity index (χ0v) is 9.32. The van der Waals surface area contributed by atoms with Gasteiger partial charge in [-0.25, -0.2) is 9.97 Å². The molecule has 1 aliphatic carbocycles.